The van der Waals surface area contributed by atoms with Gasteiger partial charge in [-0.15, -0.1) is 0 Å². The third-order valence-corrected chi connectivity index (χ3v) is 4.89. The summed E-state index contributed by atoms with van der Waals surface area (Å²) in [6.45, 7) is 4.51. The molecule has 3 heteroatoms. The highest BCUT2D eigenvalue weighted by Gasteiger charge is 2.31. The van der Waals surface area contributed by atoms with Crippen molar-refractivity contribution in [2.45, 2.75) is 50.9 Å². The standard InChI is InChI=1S/C18H28N2O/c1-14-9-10-17(21-14)13-20-11-5-8-18(20)15-6-4-7-16(12-15)19(2)3/h4,6-7,12,14,17-18H,5,8-11,13H2,1-3H3/t14-,17-,18+/m1/s1. The minimum Gasteiger partial charge on any atom is -0.378 e. The van der Waals surface area contributed by atoms with Gasteiger partial charge in [0.25, 0.3) is 0 Å². The molecule has 1 aromatic carbocycles. The first-order valence-corrected chi connectivity index (χ1v) is 8.30. The average molecular weight is 288 g/mol. The highest BCUT2D eigenvalue weighted by molar-refractivity contribution is 5.48. The summed E-state index contributed by atoms with van der Waals surface area (Å²) >= 11 is 0. The third-order valence-electron chi connectivity index (χ3n) is 4.89. The Kier molecular flexibility index (Phi) is 4.51. The van der Waals surface area contributed by atoms with Crippen molar-refractivity contribution < 1.29 is 4.74 Å². The van der Waals surface area contributed by atoms with Crippen molar-refractivity contribution in [3.8, 4) is 0 Å². The van der Waals surface area contributed by atoms with E-state index < -0.39 is 0 Å². The summed E-state index contributed by atoms with van der Waals surface area (Å²) < 4.78 is 6.02. The zero-order chi connectivity index (χ0) is 14.8. The van der Waals surface area contributed by atoms with Crippen molar-refractivity contribution in [3.63, 3.8) is 0 Å². The Balaban J connectivity index is 1.70. The molecule has 2 aliphatic rings. The van der Waals surface area contributed by atoms with Gasteiger partial charge in [0.2, 0.25) is 0 Å². The number of hydrogen-bond donors (Lipinski definition) is 0. The second-order valence-electron chi connectivity index (χ2n) is 6.79. The molecule has 0 unspecified atom stereocenters. The highest BCUT2D eigenvalue weighted by atomic mass is 16.5. The van der Waals surface area contributed by atoms with Crippen LogP contribution in [0, 0.1) is 0 Å². The molecule has 0 bridgehead atoms. The molecule has 3 rings (SSSR count). The van der Waals surface area contributed by atoms with Gasteiger partial charge in [0.15, 0.2) is 0 Å². The van der Waals surface area contributed by atoms with Gasteiger partial charge in [-0.05, 0) is 56.8 Å². The Morgan fingerprint density at radius 1 is 1.24 bits per heavy atom. The Hall–Kier alpha value is -1.06. The maximum atomic E-state index is 6.02. The lowest BCUT2D eigenvalue weighted by molar-refractivity contribution is 0.0286. The fraction of sp³-hybridized carbons (Fsp3) is 0.667. The second-order valence-corrected chi connectivity index (χ2v) is 6.79. The zero-order valence-corrected chi connectivity index (χ0v) is 13.6. The van der Waals surface area contributed by atoms with Crippen molar-refractivity contribution in [3.05, 3.63) is 29.8 Å². The lowest BCUT2D eigenvalue weighted by Crippen LogP contribution is -2.32. The van der Waals surface area contributed by atoms with E-state index in [0.29, 0.717) is 18.2 Å². The molecule has 0 N–H and O–H groups in total. The molecule has 0 saturated carbocycles. The fourth-order valence-electron chi connectivity index (χ4n) is 3.71. The molecule has 0 amide bonds. The minimum atomic E-state index is 0.442. The van der Waals surface area contributed by atoms with E-state index in [0.717, 1.165) is 6.54 Å². The maximum absolute atomic E-state index is 6.02. The van der Waals surface area contributed by atoms with Crippen LogP contribution in [0.4, 0.5) is 5.69 Å². The molecule has 2 heterocycles. The van der Waals surface area contributed by atoms with E-state index in [1.54, 1.807) is 0 Å². The van der Waals surface area contributed by atoms with E-state index in [2.05, 4.69) is 55.1 Å². The summed E-state index contributed by atoms with van der Waals surface area (Å²) in [6.07, 6.45) is 5.92. The lowest BCUT2D eigenvalue weighted by Gasteiger charge is -2.28. The first kappa shape index (κ1) is 14.9. The number of anilines is 1. The molecule has 0 radical (unpaired) electrons. The van der Waals surface area contributed by atoms with Crippen LogP contribution < -0.4 is 4.90 Å². The van der Waals surface area contributed by atoms with Crippen LogP contribution in [-0.2, 0) is 4.74 Å². The summed E-state index contributed by atoms with van der Waals surface area (Å²) in [4.78, 5) is 4.82. The van der Waals surface area contributed by atoms with Crippen LogP contribution in [0.2, 0.25) is 0 Å². The van der Waals surface area contributed by atoms with Gasteiger partial charge >= 0.3 is 0 Å². The Labute approximate surface area is 128 Å². The summed E-state index contributed by atoms with van der Waals surface area (Å²) in [5, 5.41) is 0. The van der Waals surface area contributed by atoms with Crippen molar-refractivity contribution in [2.75, 3.05) is 32.1 Å². The van der Waals surface area contributed by atoms with Gasteiger partial charge < -0.3 is 9.64 Å². The molecule has 3 atom stereocenters. The Morgan fingerprint density at radius 3 is 2.81 bits per heavy atom. The monoisotopic (exact) mass is 288 g/mol. The SMILES string of the molecule is C[C@@H]1CC[C@H](CN2CCC[C@H]2c2cccc(N(C)C)c2)O1. The molecule has 0 aliphatic carbocycles. The molecule has 1 aromatic rings. The van der Waals surface area contributed by atoms with E-state index >= 15 is 0 Å². The minimum absolute atomic E-state index is 0.442. The predicted molar refractivity (Wildman–Crippen MR) is 87.9 cm³/mol. The molecule has 3 nitrogen and oxygen atoms in total. The molecular formula is C18H28N2O. The molecule has 0 aromatic heterocycles. The molecule has 0 spiro atoms. The largest absolute Gasteiger partial charge is 0.378 e. The van der Waals surface area contributed by atoms with E-state index in [1.165, 1.54) is 43.5 Å². The molecule has 116 valence electrons. The summed E-state index contributed by atoms with van der Waals surface area (Å²) in [6, 6.07) is 9.58. The van der Waals surface area contributed by atoms with Gasteiger partial charge in [0, 0.05) is 32.4 Å². The first-order chi connectivity index (χ1) is 10.1. The van der Waals surface area contributed by atoms with Crippen LogP contribution in [0.5, 0.6) is 0 Å². The number of rotatable bonds is 4. The molecular weight excluding hydrogens is 260 g/mol. The smallest absolute Gasteiger partial charge is 0.0706 e. The summed E-state index contributed by atoms with van der Waals surface area (Å²) in [5.74, 6) is 0. The number of ether oxygens (including phenoxy) is 1. The Morgan fingerprint density at radius 2 is 2.10 bits per heavy atom. The Bertz CT molecular complexity index is 474. The number of nitrogens with zero attached hydrogens (tertiary/aromatic N) is 2. The van der Waals surface area contributed by atoms with Crippen LogP contribution in [0.1, 0.15) is 44.2 Å². The summed E-state index contributed by atoms with van der Waals surface area (Å²) in [5.41, 5.74) is 2.76. The van der Waals surface area contributed by atoms with Gasteiger partial charge in [0.05, 0.1) is 12.2 Å². The summed E-state index contributed by atoms with van der Waals surface area (Å²) in [7, 11) is 4.22. The zero-order valence-electron chi connectivity index (χ0n) is 13.6. The number of benzene rings is 1. The van der Waals surface area contributed by atoms with E-state index in [9.17, 15) is 0 Å². The van der Waals surface area contributed by atoms with Gasteiger partial charge in [-0.3, -0.25) is 4.90 Å². The quantitative estimate of drug-likeness (QED) is 0.844. The molecule has 2 saturated heterocycles. The second kappa shape index (κ2) is 6.37. The topological polar surface area (TPSA) is 15.7 Å². The van der Waals surface area contributed by atoms with Gasteiger partial charge in [-0.1, -0.05) is 12.1 Å². The molecule has 21 heavy (non-hydrogen) atoms. The van der Waals surface area contributed by atoms with Crippen molar-refractivity contribution in [2.24, 2.45) is 0 Å². The average Bonchev–Trinajstić information content (AvgIpc) is 3.09. The van der Waals surface area contributed by atoms with Crippen molar-refractivity contribution in [1.82, 2.24) is 4.90 Å². The van der Waals surface area contributed by atoms with Crippen LogP contribution >= 0.6 is 0 Å². The van der Waals surface area contributed by atoms with Gasteiger partial charge in [0.1, 0.15) is 0 Å². The van der Waals surface area contributed by atoms with E-state index in [1.807, 2.05) is 0 Å². The highest BCUT2D eigenvalue weighted by Crippen LogP contribution is 2.34. The number of hydrogen-bond acceptors (Lipinski definition) is 3. The van der Waals surface area contributed by atoms with Gasteiger partial charge in [-0.2, -0.15) is 0 Å². The van der Waals surface area contributed by atoms with Crippen LogP contribution in [0.25, 0.3) is 0 Å². The lowest BCUT2D eigenvalue weighted by atomic mass is 10.0. The first-order valence-electron chi connectivity index (χ1n) is 8.30. The molecule has 2 aliphatic heterocycles. The predicted octanol–water partition coefficient (Wildman–Crippen LogP) is 3.46. The van der Waals surface area contributed by atoms with Crippen molar-refractivity contribution >= 4 is 5.69 Å². The third kappa shape index (κ3) is 3.41. The van der Waals surface area contributed by atoms with E-state index in [-0.39, 0.29) is 0 Å². The van der Waals surface area contributed by atoms with Gasteiger partial charge in [-0.25, -0.2) is 0 Å². The normalized spacial score (nSPS) is 30.0. The van der Waals surface area contributed by atoms with Crippen LogP contribution in [-0.4, -0.2) is 44.3 Å². The van der Waals surface area contributed by atoms with E-state index in [4.69, 9.17) is 4.74 Å². The fourth-order valence-corrected chi connectivity index (χ4v) is 3.71. The maximum Gasteiger partial charge on any atom is 0.0706 e. The van der Waals surface area contributed by atoms with Crippen molar-refractivity contribution in [1.29, 1.82) is 0 Å². The molecule has 2 fully saturated rings. The number of likely N-dealkylation sites (tertiary alicyclic amines) is 1. The van der Waals surface area contributed by atoms with Crippen LogP contribution in [0.15, 0.2) is 24.3 Å². The van der Waals surface area contributed by atoms with Crippen LogP contribution in [0.3, 0.4) is 0 Å².